The Morgan fingerprint density at radius 2 is 1.73 bits per heavy atom. The van der Waals surface area contributed by atoms with Crippen LogP contribution in [0.3, 0.4) is 0 Å². The number of terminal acetylenes is 1. The molecule has 0 saturated carbocycles. The van der Waals surface area contributed by atoms with Crippen LogP contribution in [0.2, 0.25) is 5.02 Å². The molecule has 2 rings (SSSR count). The van der Waals surface area contributed by atoms with Crippen molar-refractivity contribution >= 4 is 21.7 Å². The topological polar surface area (TPSA) is 43.4 Å². The number of rotatable bonds is 6. The van der Waals surface area contributed by atoms with E-state index >= 15 is 0 Å². The minimum absolute atomic E-state index is 0.0620. The zero-order valence-corrected chi connectivity index (χ0v) is 13.3. The van der Waals surface area contributed by atoms with Gasteiger partial charge in [-0.1, -0.05) is 41.9 Å². The fraction of sp³-hybridized carbons (Fsp3) is 0.176. The van der Waals surface area contributed by atoms with Gasteiger partial charge in [-0.15, -0.1) is 12.3 Å². The number of hydrogen-bond donors (Lipinski definition) is 0. The molecule has 2 aromatic rings. The molecule has 0 amide bonds. The summed E-state index contributed by atoms with van der Waals surface area (Å²) in [6.45, 7) is 0. The van der Waals surface area contributed by atoms with Gasteiger partial charge < -0.3 is 0 Å². The smallest absolute Gasteiger partial charge is 0.262 e. The third kappa shape index (κ3) is 4.60. The molecule has 0 spiro atoms. The van der Waals surface area contributed by atoms with E-state index in [0.717, 1.165) is 5.56 Å². The van der Waals surface area contributed by atoms with E-state index in [9.17, 15) is 8.42 Å². The molecule has 0 aliphatic heterocycles. The van der Waals surface area contributed by atoms with E-state index in [2.05, 4.69) is 5.92 Å². The van der Waals surface area contributed by atoms with Crippen LogP contribution in [0.15, 0.2) is 59.5 Å². The molecular weight excluding hydrogens is 320 g/mol. The summed E-state index contributed by atoms with van der Waals surface area (Å²) in [5, 5.41) is 0.461. The lowest BCUT2D eigenvalue weighted by molar-refractivity contribution is 0.215. The number of benzene rings is 2. The van der Waals surface area contributed by atoms with Crippen molar-refractivity contribution in [1.29, 1.82) is 0 Å². The maximum Gasteiger partial charge on any atom is 0.297 e. The second-order valence-corrected chi connectivity index (χ2v) is 6.73. The van der Waals surface area contributed by atoms with E-state index in [4.69, 9.17) is 22.2 Å². The zero-order chi connectivity index (χ0) is 16.0. The molecule has 22 heavy (non-hydrogen) atoms. The molecule has 0 saturated heterocycles. The second-order valence-electron chi connectivity index (χ2n) is 4.72. The average molecular weight is 335 g/mol. The Kier molecular flexibility index (Phi) is 5.62. The van der Waals surface area contributed by atoms with Crippen LogP contribution in [0.25, 0.3) is 0 Å². The summed E-state index contributed by atoms with van der Waals surface area (Å²) < 4.78 is 29.9. The normalized spacial score (nSPS) is 12.5. The molecule has 0 unspecified atom stereocenters. The Balaban J connectivity index is 2.16. The summed E-state index contributed by atoms with van der Waals surface area (Å²) in [4.78, 5) is 0.0620. The molecule has 0 heterocycles. The van der Waals surface area contributed by atoms with Crippen LogP contribution in [-0.4, -0.2) is 14.5 Å². The predicted octanol–water partition coefficient (Wildman–Crippen LogP) is 3.68. The molecule has 0 aliphatic rings. The van der Waals surface area contributed by atoms with Crippen LogP contribution in [0.5, 0.6) is 0 Å². The average Bonchev–Trinajstić information content (AvgIpc) is 2.48. The van der Waals surface area contributed by atoms with Gasteiger partial charge in [0.25, 0.3) is 10.1 Å². The van der Waals surface area contributed by atoms with Gasteiger partial charge in [-0.25, -0.2) is 0 Å². The van der Waals surface area contributed by atoms with Gasteiger partial charge in [0.15, 0.2) is 0 Å². The van der Waals surface area contributed by atoms with Crippen LogP contribution in [-0.2, 0) is 20.7 Å². The molecular formula is C17H15ClO3S. The summed E-state index contributed by atoms with van der Waals surface area (Å²) in [5.74, 6) is 2.46. The predicted molar refractivity (Wildman–Crippen MR) is 87.1 cm³/mol. The Bertz CT molecular complexity index is 747. The van der Waals surface area contributed by atoms with Gasteiger partial charge in [-0.05, 0) is 29.8 Å². The molecule has 0 aliphatic carbocycles. The van der Waals surface area contributed by atoms with Crippen molar-refractivity contribution in [2.24, 2.45) is 0 Å². The standard InChI is InChI=1S/C17H15ClO3S/c1-2-6-16(13-14-7-4-3-5-8-14)21-22(19,20)17-11-9-15(18)10-12-17/h1,3-5,7-12,16H,6,13H2/t16-/m1/s1. The first-order valence-corrected chi connectivity index (χ1v) is 8.46. The minimum Gasteiger partial charge on any atom is -0.262 e. The Hall–Kier alpha value is -1.80. The minimum atomic E-state index is -3.87. The van der Waals surface area contributed by atoms with Gasteiger partial charge in [-0.3, -0.25) is 4.18 Å². The van der Waals surface area contributed by atoms with Crippen molar-refractivity contribution in [3.8, 4) is 12.3 Å². The van der Waals surface area contributed by atoms with Crippen LogP contribution in [0.1, 0.15) is 12.0 Å². The molecule has 0 aromatic heterocycles. The first-order valence-electron chi connectivity index (χ1n) is 6.67. The van der Waals surface area contributed by atoms with Gasteiger partial charge >= 0.3 is 0 Å². The van der Waals surface area contributed by atoms with Crippen molar-refractivity contribution in [3.63, 3.8) is 0 Å². The number of hydrogen-bond acceptors (Lipinski definition) is 3. The van der Waals surface area contributed by atoms with Crippen LogP contribution in [0.4, 0.5) is 0 Å². The van der Waals surface area contributed by atoms with E-state index in [1.54, 1.807) is 0 Å². The quantitative estimate of drug-likeness (QED) is 0.598. The maximum absolute atomic E-state index is 12.3. The lowest BCUT2D eigenvalue weighted by Gasteiger charge is -2.15. The summed E-state index contributed by atoms with van der Waals surface area (Å²) in [6.07, 6.45) is 5.35. The molecule has 0 N–H and O–H groups in total. The molecule has 114 valence electrons. The first kappa shape index (κ1) is 16.6. The zero-order valence-electron chi connectivity index (χ0n) is 11.8. The van der Waals surface area contributed by atoms with E-state index in [-0.39, 0.29) is 11.3 Å². The van der Waals surface area contributed by atoms with Crippen molar-refractivity contribution < 1.29 is 12.6 Å². The molecule has 5 heteroatoms. The fourth-order valence-corrected chi connectivity index (χ4v) is 3.19. The first-order chi connectivity index (χ1) is 10.5. The van der Waals surface area contributed by atoms with Gasteiger partial charge in [0, 0.05) is 17.9 Å². The second kappa shape index (κ2) is 7.46. The Morgan fingerprint density at radius 1 is 1.09 bits per heavy atom. The summed E-state index contributed by atoms with van der Waals surface area (Å²) in [6, 6.07) is 15.3. The lowest BCUT2D eigenvalue weighted by atomic mass is 10.1. The Morgan fingerprint density at radius 3 is 2.32 bits per heavy atom. The maximum atomic E-state index is 12.3. The summed E-state index contributed by atoms with van der Waals surface area (Å²) in [5.41, 5.74) is 0.967. The molecule has 2 aromatic carbocycles. The van der Waals surface area contributed by atoms with Gasteiger partial charge in [0.2, 0.25) is 0 Å². The monoisotopic (exact) mass is 334 g/mol. The van der Waals surface area contributed by atoms with E-state index in [0.29, 0.717) is 11.4 Å². The van der Waals surface area contributed by atoms with Crippen molar-refractivity contribution in [3.05, 3.63) is 65.2 Å². The fourth-order valence-electron chi connectivity index (χ4n) is 1.98. The summed E-state index contributed by atoms with van der Waals surface area (Å²) >= 11 is 5.76. The number of halogens is 1. The highest BCUT2D eigenvalue weighted by molar-refractivity contribution is 7.86. The highest BCUT2D eigenvalue weighted by Gasteiger charge is 2.21. The van der Waals surface area contributed by atoms with Crippen LogP contribution in [0, 0.1) is 12.3 Å². The van der Waals surface area contributed by atoms with Gasteiger partial charge in [0.05, 0.1) is 11.0 Å². The van der Waals surface area contributed by atoms with Crippen molar-refractivity contribution in [2.75, 3.05) is 0 Å². The van der Waals surface area contributed by atoms with Crippen LogP contribution >= 0.6 is 11.6 Å². The van der Waals surface area contributed by atoms with Crippen molar-refractivity contribution in [1.82, 2.24) is 0 Å². The highest BCUT2D eigenvalue weighted by atomic mass is 35.5. The third-order valence-electron chi connectivity index (χ3n) is 3.02. The molecule has 0 bridgehead atoms. The molecule has 0 radical (unpaired) electrons. The third-order valence-corrected chi connectivity index (χ3v) is 4.64. The van der Waals surface area contributed by atoms with Crippen LogP contribution < -0.4 is 0 Å². The molecule has 1 atom stereocenters. The largest absolute Gasteiger partial charge is 0.297 e. The van der Waals surface area contributed by atoms with Gasteiger partial charge in [-0.2, -0.15) is 8.42 Å². The molecule has 0 fully saturated rings. The van der Waals surface area contributed by atoms with E-state index in [1.807, 2.05) is 30.3 Å². The lowest BCUT2D eigenvalue weighted by Crippen LogP contribution is -2.20. The molecule has 3 nitrogen and oxygen atoms in total. The Labute approximate surface area is 136 Å². The van der Waals surface area contributed by atoms with E-state index < -0.39 is 16.2 Å². The summed E-state index contributed by atoms with van der Waals surface area (Å²) in [7, 11) is -3.87. The SMILES string of the molecule is C#CC[C@H](Cc1ccccc1)OS(=O)(=O)c1ccc(Cl)cc1. The van der Waals surface area contributed by atoms with E-state index in [1.165, 1.54) is 24.3 Å². The van der Waals surface area contributed by atoms with Gasteiger partial charge in [0.1, 0.15) is 0 Å². The highest BCUT2D eigenvalue weighted by Crippen LogP contribution is 2.20. The van der Waals surface area contributed by atoms with Crippen molar-refractivity contribution in [2.45, 2.75) is 23.8 Å².